The molecule has 1 saturated heterocycles. The van der Waals surface area contributed by atoms with E-state index in [1.165, 1.54) is 6.20 Å². The summed E-state index contributed by atoms with van der Waals surface area (Å²) in [5.41, 5.74) is 0. The Morgan fingerprint density at radius 2 is 2.38 bits per heavy atom. The molecule has 118 valence electrons. The van der Waals surface area contributed by atoms with Crippen LogP contribution in [0.15, 0.2) is 29.4 Å². The van der Waals surface area contributed by atoms with Gasteiger partial charge in [-0.05, 0) is 37.4 Å². The maximum atomic E-state index is 12.6. The van der Waals surface area contributed by atoms with Crippen molar-refractivity contribution in [3.05, 3.63) is 24.5 Å². The molecule has 0 saturated carbocycles. The van der Waals surface area contributed by atoms with Crippen LogP contribution in [0.5, 0.6) is 0 Å². The van der Waals surface area contributed by atoms with Gasteiger partial charge in [0.15, 0.2) is 0 Å². The second-order valence-corrected chi connectivity index (χ2v) is 7.19. The summed E-state index contributed by atoms with van der Waals surface area (Å²) >= 11 is 0. The van der Waals surface area contributed by atoms with Crippen molar-refractivity contribution in [1.82, 2.24) is 14.6 Å². The SMILES string of the molecule is COCCNCC1CCCN(S(=O)(=O)c2cccnc2)C1. The van der Waals surface area contributed by atoms with Gasteiger partial charge in [0.05, 0.1) is 6.61 Å². The van der Waals surface area contributed by atoms with Crippen LogP contribution in [0, 0.1) is 5.92 Å². The van der Waals surface area contributed by atoms with Gasteiger partial charge in [0.1, 0.15) is 4.90 Å². The first kappa shape index (κ1) is 16.4. The Bertz CT molecular complexity index is 522. The van der Waals surface area contributed by atoms with Crippen molar-refractivity contribution in [3.63, 3.8) is 0 Å². The molecule has 0 aliphatic carbocycles. The molecule has 1 aliphatic rings. The van der Waals surface area contributed by atoms with Crippen LogP contribution < -0.4 is 5.32 Å². The molecule has 0 spiro atoms. The molecule has 0 amide bonds. The highest BCUT2D eigenvalue weighted by Crippen LogP contribution is 2.22. The number of pyridine rings is 1. The third-order valence-electron chi connectivity index (χ3n) is 3.67. The molecule has 1 aromatic rings. The van der Waals surface area contributed by atoms with E-state index < -0.39 is 10.0 Å². The van der Waals surface area contributed by atoms with Gasteiger partial charge in [0.2, 0.25) is 10.0 Å². The number of piperidine rings is 1. The first-order chi connectivity index (χ1) is 10.1. The summed E-state index contributed by atoms with van der Waals surface area (Å²) in [5.74, 6) is 0.349. The Hall–Kier alpha value is -1.02. The minimum atomic E-state index is -3.41. The molecular formula is C14H23N3O3S. The largest absolute Gasteiger partial charge is 0.383 e. The average Bonchev–Trinajstić information content (AvgIpc) is 2.53. The first-order valence-corrected chi connectivity index (χ1v) is 8.68. The summed E-state index contributed by atoms with van der Waals surface area (Å²) in [6.07, 6.45) is 4.95. The van der Waals surface area contributed by atoms with Gasteiger partial charge < -0.3 is 10.1 Å². The van der Waals surface area contributed by atoms with Gasteiger partial charge >= 0.3 is 0 Å². The second kappa shape index (κ2) is 7.84. The molecule has 1 atom stereocenters. The maximum Gasteiger partial charge on any atom is 0.244 e. The van der Waals surface area contributed by atoms with E-state index in [9.17, 15) is 8.42 Å². The van der Waals surface area contributed by atoms with E-state index in [2.05, 4.69) is 10.3 Å². The summed E-state index contributed by atoms with van der Waals surface area (Å²) < 4.78 is 31.7. The highest BCUT2D eigenvalue weighted by molar-refractivity contribution is 7.89. The molecular weight excluding hydrogens is 290 g/mol. The molecule has 0 aromatic carbocycles. The molecule has 2 heterocycles. The number of methoxy groups -OCH3 is 1. The highest BCUT2D eigenvalue weighted by Gasteiger charge is 2.30. The van der Waals surface area contributed by atoms with Crippen molar-refractivity contribution < 1.29 is 13.2 Å². The van der Waals surface area contributed by atoms with Gasteiger partial charge in [-0.15, -0.1) is 0 Å². The number of nitrogens with zero attached hydrogens (tertiary/aromatic N) is 2. The van der Waals surface area contributed by atoms with Gasteiger partial charge in [-0.2, -0.15) is 4.31 Å². The number of ether oxygens (including phenoxy) is 1. The molecule has 7 heteroatoms. The summed E-state index contributed by atoms with van der Waals surface area (Å²) in [7, 11) is -1.74. The van der Waals surface area contributed by atoms with Crippen LogP contribution in [0.3, 0.4) is 0 Å². The zero-order valence-electron chi connectivity index (χ0n) is 12.4. The Kier molecular flexibility index (Phi) is 6.10. The van der Waals surface area contributed by atoms with E-state index in [-0.39, 0.29) is 4.90 Å². The van der Waals surface area contributed by atoms with Crippen LogP contribution in [0.2, 0.25) is 0 Å². The Morgan fingerprint density at radius 3 is 3.10 bits per heavy atom. The molecule has 0 radical (unpaired) electrons. The minimum Gasteiger partial charge on any atom is -0.383 e. The topological polar surface area (TPSA) is 71.5 Å². The predicted octanol–water partition coefficient (Wildman–Crippen LogP) is 0.718. The van der Waals surface area contributed by atoms with Crippen LogP contribution in [-0.2, 0) is 14.8 Å². The number of sulfonamides is 1. The van der Waals surface area contributed by atoms with E-state index in [0.717, 1.165) is 25.9 Å². The average molecular weight is 313 g/mol. The fourth-order valence-corrected chi connectivity index (χ4v) is 4.06. The van der Waals surface area contributed by atoms with Gasteiger partial charge in [0.25, 0.3) is 0 Å². The van der Waals surface area contributed by atoms with E-state index >= 15 is 0 Å². The van der Waals surface area contributed by atoms with Crippen LogP contribution in [0.4, 0.5) is 0 Å². The Labute approximate surface area is 126 Å². The van der Waals surface area contributed by atoms with Crippen molar-refractivity contribution in [1.29, 1.82) is 0 Å². The summed E-state index contributed by atoms with van der Waals surface area (Å²) in [6, 6.07) is 3.25. The van der Waals surface area contributed by atoms with E-state index in [1.54, 1.807) is 29.7 Å². The Morgan fingerprint density at radius 1 is 1.52 bits per heavy atom. The molecule has 21 heavy (non-hydrogen) atoms. The quantitative estimate of drug-likeness (QED) is 0.751. The van der Waals surface area contributed by atoms with Crippen molar-refractivity contribution >= 4 is 10.0 Å². The lowest BCUT2D eigenvalue weighted by atomic mass is 10.00. The van der Waals surface area contributed by atoms with Crippen LogP contribution >= 0.6 is 0 Å². The second-order valence-electron chi connectivity index (χ2n) is 5.26. The predicted molar refractivity (Wildman–Crippen MR) is 80.5 cm³/mol. The minimum absolute atomic E-state index is 0.276. The summed E-state index contributed by atoms with van der Waals surface area (Å²) in [5, 5.41) is 3.31. The van der Waals surface area contributed by atoms with E-state index in [4.69, 9.17) is 4.74 Å². The number of hydrogen-bond donors (Lipinski definition) is 1. The molecule has 6 nitrogen and oxygen atoms in total. The Balaban J connectivity index is 1.94. The summed E-state index contributed by atoms with van der Waals surface area (Å²) in [4.78, 5) is 4.18. The standard InChI is InChI=1S/C14H23N3O3S/c1-20-9-7-16-10-13-4-3-8-17(12-13)21(18,19)14-5-2-6-15-11-14/h2,5-6,11,13,16H,3-4,7-10,12H2,1H3. The van der Waals surface area contributed by atoms with Crippen LogP contribution in [-0.4, -0.2) is 57.6 Å². The molecule has 1 aromatic heterocycles. The van der Waals surface area contributed by atoms with Crippen molar-refractivity contribution in [2.75, 3.05) is 39.9 Å². The fraction of sp³-hybridized carbons (Fsp3) is 0.643. The third kappa shape index (κ3) is 4.47. The van der Waals surface area contributed by atoms with Gasteiger partial charge in [0, 0.05) is 39.1 Å². The van der Waals surface area contributed by atoms with Crippen LogP contribution in [0.25, 0.3) is 0 Å². The molecule has 1 fully saturated rings. The number of nitrogens with one attached hydrogen (secondary N) is 1. The van der Waals surface area contributed by atoms with Gasteiger partial charge in [-0.3, -0.25) is 4.98 Å². The van der Waals surface area contributed by atoms with Gasteiger partial charge in [-0.25, -0.2) is 8.42 Å². The third-order valence-corrected chi connectivity index (χ3v) is 5.52. The van der Waals surface area contributed by atoms with Crippen molar-refractivity contribution in [2.24, 2.45) is 5.92 Å². The molecule has 1 N–H and O–H groups in total. The zero-order valence-corrected chi connectivity index (χ0v) is 13.2. The fourth-order valence-electron chi connectivity index (χ4n) is 2.54. The molecule has 1 aliphatic heterocycles. The lowest BCUT2D eigenvalue weighted by Gasteiger charge is -2.32. The van der Waals surface area contributed by atoms with Gasteiger partial charge in [-0.1, -0.05) is 0 Å². The maximum absolute atomic E-state index is 12.6. The lowest BCUT2D eigenvalue weighted by molar-refractivity contribution is 0.193. The number of aromatic nitrogens is 1. The number of rotatable bonds is 7. The zero-order chi connectivity index (χ0) is 15.1. The van der Waals surface area contributed by atoms with E-state index in [0.29, 0.717) is 25.6 Å². The monoisotopic (exact) mass is 313 g/mol. The summed E-state index contributed by atoms with van der Waals surface area (Å²) in [6.45, 7) is 3.44. The van der Waals surface area contributed by atoms with Crippen LogP contribution in [0.1, 0.15) is 12.8 Å². The smallest absolute Gasteiger partial charge is 0.244 e. The number of hydrogen-bond acceptors (Lipinski definition) is 5. The highest BCUT2D eigenvalue weighted by atomic mass is 32.2. The van der Waals surface area contributed by atoms with Crippen molar-refractivity contribution in [2.45, 2.75) is 17.7 Å². The first-order valence-electron chi connectivity index (χ1n) is 7.24. The van der Waals surface area contributed by atoms with E-state index in [1.807, 2.05) is 0 Å². The lowest BCUT2D eigenvalue weighted by Crippen LogP contribution is -2.43. The van der Waals surface area contributed by atoms with Crippen molar-refractivity contribution in [3.8, 4) is 0 Å². The molecule has 0 bridgehead atoms. The normalized spacial score (nSPS) is 20.5. The molecule has 1 unspecified atom stereocenters. The molecule has 2 rings (SSSR count).